The molecule has 0 saturated carbocycles. The zero-order valence-electron chi connectivity index (χ0n) is 15.8. The summed E-state index contributed by atoms with van der Waals surface area (Å²) in [5, 5.41) is 4.26. The van der Waals surface area contributed by atoms with Crippen LogP contribution in [0.2, 0.25) is 0 Å². The quantitative estimate of drug-likeness (QED) is 0.653. The van der Waals surface area contributed by atoms with Crippen LogP contribution in [0.1, 0.15) is 48.9 Å². The molecule has 3 aromatic rings. The molecular formula is C22H24N4S. The van der Waals surface area contributed by atoms with Gasteiger partial charge in [0.1, 0.15) is 6.04 Å². The van der Waals surface area contributed by atoms with Crippen molar-refractivity contribution in [1.29, 1.82) is 0 Å². The summed E-state index contributed by atoms with van der Waals surface area (Å²) >= 11 is 5.78. The van der Waals surface area contributed by atoms with E-state index in [1.807, 2.05) is 18.3 Å². The van der Waals surface area contributed by atoms with Gasteiger partial charge in [-0.2, -0.15) is 0 Å². The van der Waals surface area contributed by atoms with Crippen LogP contribution in [0.3, 0.4) is 0 Å². The number of hydrogen-bond donors (Lipinski definition) is 1. The van der Waals surface area contributed by atoms with Crippen LogP contribution in [0.5, 0.6) is 0 Å². The molecule has 2 aromatic heterocycles. The number of thiocarbonyl (C=S) groups is 1. The van der Waals surface area contributed by atoms with Gasteiger partial charge in [-0.3, -0.25) is 4.98 Å². The zero-order chi connectivity index (χ0) is 19.0. The molecule has 1 aliphatic rings. The summed E-state index contributed by atoms with van der Waals surface area (Å²) in [6, 6.07) is 19.2. The molecule has 1 fully saturated rings. The highest BCUT2D eigenvalue weighted by molar-refractivity contribution is 7.80. The van der Waals surface area contributed by atoms with Crippen LogP contribution >= 0.6 is 12.2 Å². The normalized spacial score (nSPS) is 19.6. The van der Waals surface area contributed by atoms with Crippen molar-refractivity contribution in [2.75, 3.05) is 4.90 Å². The number of hydrogen-bond acceptors (Lipinski definition) is 2. The second-order valence-electron chi connectivity index (χ2n) is 7.27. The lowest BCUT2D eigenvalue weighted by Gasteiger charge is -2.30. The van der Waals surface area contributed by atoms with Gasteiger partial charge in [0.2, 0.25) is 0 Å². The van der Waals surface area contributed by atoms with E-state index >= 15 is 0 Å². The highest BCUT2D eigenvalue weighted by Crippen LogP contribution is 2.42. The lowest BCUT2D eigenvalue weighted by molar-refractivity contribution is 0.497. The fourth-order valence-electron chi connectivity index (χ4n) is 3.84. The molecule has 1 N–H and O–H groups in total. The average molecular weight is 377 g/mol. The maximum absolute atomic E-state index is 5.78. The van der Waals surface area contributed by atoms with Gasteiger partial charge in [0.05, 0.1) is 11.7 Å². The molecule has 27 heavy (non-hydrogen) atoms. The van der Waals surface area contributed by atoms with E-state index < -0.39 is 0 Å². The van der Waals surface area contributed by atoms with Crippen molar-refractivity contribution in [3.63, 3.8) is 0 Å². The van der Waals surface area contributed by atoms with Crippen molar-refractivity contribution >= 4 is 23.0 Å². The first kappa shape index (κ1) is 17.7. The van der Waals surface area contributed by atoms with Gasteiger partial charge in [-0.15, -0.1) is 0 Å². The summed E-state index contributed by atoms with van der Waals surface area (Å²) in [5.74, 6) is 0. The lowest BCUT2D eigenvalue weighted by atomic mass is 10.0. The van der Waals surface area contributed by atoms with Crippen molar-refractivity contribution in [3.8, 4) is 0 Å². The minimum Gasteiger partial charge on any atom is -0.351 e. The zero-order valence-corrected chi connectivity index (χ0v) is 16.6. The lowest BCUT2D eigenvalue weighted by Crippen LogP contribution is -2.30. The number of rotatable bonds is 4. The highest BCUT2D eigenvalue weighted by Gasteiger charge is 2.42. The third-order valence-electron chi connectivity index (χ3n) is 5.05. The molecule has 2 unspecified atom stereocenters. The standard InChI is InChI=1S/C22H24N4S/c1-15(2)25-13-7-11-19(25)21-20(18-10-4-5-12-23-18)24-22(27)26(21)17-9-6-8-16(3)14-17/h4-15,20-21H,1-3H3,(H,24,27). The molecule has 0 radical (unpaired) electrons. The molecule has 5 heteroatoms. The smallest absolute Gasteiger partial charge is 0.174 e. The summed E-state index contributed by atoms with van der Waals surface area (Å²) in [4.78, 5) is 6.85. The van der Waals surface area contributed by atoms with Gasteiger partial charge in [0, 0.05) is 29.8 Å². The van der Waals surface area contributed by atoms with Crippen molar-refractivity contribution in [2.45, 2.75) is 38.9 Å². The number of nitrogens with one attached hydrogen (secondary N) is 1. The Morgan fingerprint density at radius 3 is 2.63 bits per heavy atom. The molecule has 138 valence electrons. The Balaban J connectivity index is 1.87. The highest BCUT2D eigenvalue weighted by atomic mass is 32.1. The largest absolute Gasteiger partial charge is 0.351 e. The second-order valence-corrected chi connectivity index (χ2v) is 7.66. The number of pyridine rings is 1. The van der Waals surface area contributed by atoms with Gasteiger partial charge in [-0.1, -0.05) is 18.2 Å². The van der Waals surface area contributed by atoms with Crippen molar-refractivity contribution in [1.82, 2.24) is 14.9 Å². The summed E-state index contributed by atoms with van der Waals surface area (Å²) in [7, 11) is 0. The summed E-state index contributed by atoms with van der Waals surface area (Å²) < 4.78 is 2.32. The third-order valence-corrected chi connectivity index (χ3v) is 5.36. The molecule has 0 spiro atoms. The predicted octanol–water partition coefficient (Wildman–Crippen LogP) is 4.95. The monoisotopic (exact) mass is 376 g/mol. The Bertz CT molecular complexity index is 948. The fourth-order valence-corrected chi connectivity index (χ4v) is 4.19. The average Bonchev–Trinajstić information content (AvgIpc) is 3.26. The van der Waals surface area contributed by atoms with E-state index in [9.17, 15) is 0 Å². The second kappa shape index (κ2) is 7.16. The molecule has 0 aliphatic carbocycles. The minimum atomic E-state index is -0.00777. The minimum absolute atomic E-state index is 0.00777. The maximum atomic E-state index is 5.78. The molecule has 0 bridgehead atoms. The molecule has 4 rings (SSSR count). The Morgan fingerprint density at radius 2 is 1.93 bits per heavy atom. The van der Waals surface area contributed by atoms with Crippen LogP contribution < -0.4 is 10.2 Å². The van der Waals surface area contributed by atoms with Gasteiger partial charge < -0.3 is 14.8 Å². The van der Waals surface area contributed by atoms with Crippen LogP contribution in [0.4, 0.5) is 5.69 Å². The SMILES string of the molecule is Cc1cccc(N2C(=S)NC(c3ccccn3)C2c2cccn2C(C)C)c1. The van der Waals surface area contributed by atoms with Crippen LogP contribution in [-0.2, 0) is 0 Å². The Morgan fingerprint density at radius 1 is 1.07 bits per heavy atom. The molecular weight excluding hydrogens is 352 g/mol. The fraction of sp³-hybridized carbons (Fsp3) is 0.273. The Kier molecular flexibility index (Phi) is 4.70. The van der Waals surface area contributed by atoms with E-state index in [1.165, 1.54) is 11.3 Å². The number of aromatic nitrogens is 2. The van der Waals surface area contributed by atoms with E-state index in [1.54, 1.807) is 0 Å². The first-order valence-corrected chi connectivity index (χ1v) is 9.71. The van der Waals surface area contributed by atoms with Gasteiger partial charge in [-0.25, -0.2) is 0 Å². The van der Waals surface area contributed by atoms with Crippen LogP contribution in [0.25, 0.3) is 0 Å². The number of benzene rings is 1. The van der Waals surface area contributed by atoms with E-state index in [2.05, 4.69) is 89.2 Å². The van der Waals surface area contributed by atoms with Crippen molar-refractivity contribution < 1.29 is 0 Å². The van der Waals surface area contributed by atoms with Gasteiger partial charge >= 0.3 is 0 Å². The number of anilines is 1. The van der Waals surface area contributed by atoms with Gasteiger partial charge in [-0.05, 0) is 75.0 Å². The summed E-state index contributed by atoms with van der Waals surface area (Å²) in [6.45, 7) is 6.52. The van der Waals surface area contributed by atoms with Gasteiger partial charge in [0.15, 0.2) is 5.11 Å². The topological polar surface area (TPSA) is 33.1 Å². The van der Waals surface area contributed by atoms with Crippen molar-refractivity contribution in [2.24, 2.45) is 0 Å². The van der Waals surface area contributed by atoms with E-state index in [-0.39, 0.29) is 12.1 Å². The first-order chi connectivity index (χ1) is 13.1. The summed E-state index contributed by atoms with van der Waals surface area (Å²) in [5.41, 5.74) is 4.55. The number of aryl methyl sites for hydroxylation is 1. The molecule has 0 amide bonds. The van der Waals surface area contributed by atoms with E-state index in [0.29, 0.717) is 6.04 Å². The molecule has 1 aromatic carbocycles. The predicted molar refractivity (Wildman–Crippen MR) is 114 cm³/mol. The molecule has 1 saturated heterocycles. The molecule has 1 aliphatic heterocycles. The van der Waals surface area contributed by atoms with E-state index in [4.69, 9.17) is 12.2 Å². The summed E-state index contributed by atoms with van der Waals surface area (Å²) in [6.07, 6.45) is 3.99. The first-order valence-electron chi connectivity index (χ1n) is 9.30. The molecule has 2 atom stereocenters. The van der Waals surface area contributed by atoms with Gasteiger partial charge in [0.25, 0.3) is 0 Å². The van der Waals surface area contributed by atoms with Crippen LogP contribution in [0, 0.1) is 6.92 Å². The molecule has 4 nitrogen and oxygen atoms in total. The third kappa shape index (κ3) is 3.23. The van der Waals surface area contributed by atoms with Crippen molar-refractivity contribution in [3.05, 3.63) is 83.9 Å². The van der Waals surface area contributed by atoms with E-state index in [0.717, 1.165) is 16.5 Å². The van der Waals surface area contributed by atoms with Crippen LogP contribution in [-0.4, -0.2) is 14.7 Å². The molecule has 3 heterocycles. The maximum Gasteiger partial charge on any atom is 0.174 e. The number of nitrogens with zero attached hydrogens (tertiary/aromatic N) is 3. The Hall–Kier alpha value is -2.66. The Labute approximate surface area is 165 Å². The van der Waals surface area contributed by atoms with Crippen LogP contribution in [0.15, 0.2) is 67.0 Å².